The van der Waals surface area contributed by atoms with Crippen LogP contribution in [0.1, 0.15) is 5.56 Å². The Morgan fingerprint density at radius 2 is 2.29 bits per heavy atom. The van der Waals surface area contributed by atoms with Crippen molar-refractivity contribution in [1.82, 2.24) is 4.98 Å². The van der Waals surface area contributed by atoms with Crippen LogP contribution in [-0.4, -0.2) is 12.1 Å². The molecule has 1 N–H and O–H groups in total. The third kappa shape index (κ3) is 1.41. The van der Waals surface area contributed by atoms with Gasteiger partial charge in [0.1, 0.15) is 0 Å². The van der Waals surface area contributed by atoms with Gasteiger partial charge < -0.3 is 9.72 Å². The zero-order valence-electron chi connectivity index (χ0n) is 7.60. The van der Waals surface area contributed by atoms with E-state index in [1.165, 1.54) is 0 Å². The maximum atomic E-state index is 5.81. The number of alkyl halides is 1. The van der Waals surface area contributed by atoms with Crippen molar-refractivity contribution < 1.29 is 4.74 Å². The van der Waals surface area contributed by atoms with Crippen molar-refractivity contribution in [2.45, 2.75) is 5.88 Å². The Morgan fingerprint density at radius 1 is 1.50 bits per heavy atom. The number of aromatic nitrogens is 1. The van der Waals surface area contributed by atoms with Gasteiger partial charge in [0.2, 0.25) is 0 Å². The van der Waals surface area contributed by atoms with Gasteiger partial charge in [-0.3, -0.25) is 0 Å². The first-order chi connectivity index (χ1) is 6.77. The minimum atomic E-state index is 0.505. The van der Waals surface area contributed by atoms with Crippen molar-refractivity contribution >= 4 is 38.4 Å². The Balaban J connectivity index is 2.76. The average Bonchev–Trinajstić information content (AvgIpc) is 2.60. The van der Waals surface area contributed by atoms with E-state index in [2.05, 4.69) is 20.9 Å². The third-order valence-electron chi connectivity index (χ3n) is 2.19. The Labute approximate surface area is 95.3 Å². The molecule has 0 aliphatic heterocycles. The molecule has 0 unspecified atom stereocenters. The first kappa shape index (κ1) is 9.87. The van der Waals surface area contributed by atoms with E-state index in [9.17, 15) is 0 Å². The van der Waals surface area contributed by atoms with E-state index in [4.69, 9.17) is 16.3 Å². The molecular weight excluding hydrogens is 265 g/mol. The highest BCUT2D eigenvalue weighted by Crippen LogP contribution is 2.34. The molecule has 0 fully saturated rings. The lowest BCUT2D eigenvalue weighted by Gasteiger charge is -2.04. The molecule has 1 heterocycles. The summed E-state index contributed by atoms with van der Waals surface area (Å²) >= 11 is 9.24. The topological polar surface area (TPSA) is 25.0 Å². The lowest BCUT2D eigenvalue weighted by Crippen LogP contribution is -1.85. The second kappa shape index (κ2) is 3.83. The van der Waals surface area contributed by atoms with E-state index in [-0.39, 0.29) is 0 Å². The number of nitrogens with one attached hydrogen (secondary N) is 1. The minimum absolute atomic E-state index is 0.505. The van der Waals surface area contributed by atoms with Gasteiger partial charge in [-0.05, 0) is 27.6 Å². The normalized spacial score (nSPS) is 10.8. The predicted octanol–water partition coefficient (Wildman–Crippen LogP) is 3.68. The molecule has 0 radical (unpaired) electrons. The molecular formula is C10H9BrClNO. The van der Waals surface area contributed by atoms with Gasteiger partial charge in [-0.15, -0.1) is 11.6 Å². The van der Waals surface area contributed by atoms with Crippen LogP contribution < -0.4 is 4.74 Å². The summed E-state index contributed by atoms with van der Waals surface area (Å²) in [5.74, 6) is 1.32. The Kier molecular flexibility index (Phi) is 2.70. The molecule has 2 rings (SSSR count). The Morgan fingerprint density at radius 3 is 2.93 bits per heavy atom. The second-order valence-electron chi connectivity index (χ2n) is 2.95. The monoisotopic (exact) mass is 273 g/mol. The maximum absolute atomic E-state index is 5.81. The summed E-state index contributed by atoms with van der Waals surface area (Å²) in [4.78, 5) is 3.16. The molecule has 0 spiro atoms. The van der Waals surface area contributed by atoms with Crippen LogP contribution in [-0.2, 0) is 5.88 Å². The van der Waals surface area contributed by atoms with Gasteiger partial charge in [-0.2, -0.15) is 0 Å². The standard InChI is InChI=1S/C10H9BrClNO/c1-14-10-8(11)3-2-7-6(4-12)5-13-9(7)10/h2-3,5,13H,4H2,1H3. The summed E-state index contributed by atoms with van der Waals surface area (Å²) in [6.07, 6.45) is 1.91. The number of fused-ring (bicyclic) bond motifs is 1. The van der Waals surface area contributed by atoms with Crippen LogP contribution in [0.5, 0.6) is 5.75 Å². The molecule has 14 heavy (non-hydrogen) atoms. The van der Waals surface area contributed by atoms with E-state index in [0.717, 1.165) is 26.7 Å². The van der Waals surface area contributed by atoms with Crippen molar-refractivity contribution in [3.05, 3.63) is 28.4 Å². The Hall–Kier alpha value is -0.670. The number of H-pyrrole nitrogens is 1. The lowest BCUT2D eigenvalue weighted by molar-refractivity contribution is 0.416. The highest BCUT2D eigenvalue weighted by atomic mass is 79.9. The zero-order valence-corrected chi connectivity index (χ0v) is 9.95. The molecule has 74 valence electrons. The number of hydrogen-bond acceptors (Lipinski definition) is 1. The molecule has 0 bridgehead atoms. The highest BCUT2D eigenvalue weighted by molar-refractivity contribution is 9.10. The van der Waals surface area contributed by atoms with Crippen molar-refractivity contribution in [1.29, 1.82) is 0 Å². The molecule has 1 aromatic heterocycles. The predicted molar refractivity (Wildman–Crippen MR) is 62.1 cm³/mol. The summed E-state index contributed by atoms with van der Waals surface area (Å²) in [7, 11) is 1.65. The molecule has 2 nitrogen and oxygen atoms in total. The first-order valence-corrected chi connectivity index (χ1v) is 5.49. The van der Waals surface area contributed by atoms with Crippen LogP contribution in [0, 0.1) is 0 Å². The lowest BCUT2D eigenvalue weighted by atomic mass is 10.2. The number of ether oxygens (including phenoxy) is 1. The average molecular weight is 275 g/mol. The van der Waals surface area contributed by atoms with E-state index >= 15 is 0 Å². The number of benzene rings is 1. The quantitative estimate of drug-likeness (QED) is 0.830. The van der Waals surface area contributed by atoms with Crippen LogP contribution in [0.15, 0.2) is 22.8 Å². The van der Waals surface area contributed by atoms with Gasteiger partial charge >= 0.3 is 0 Å². The molecule has 0 saturated heterocycles. The number of hydrogen-bond donors (Lipinski definition) is 1. The number of aromatic amines is 1. The molecule has 4 heteroatoms. The number of halogens is 2. The van der Waals surface area contributed by atoms with E-state index < -0.39 is 0 Å². The molecule has 0 amide bonds. The number of methoxy groups -OCH3 is 1. The molecule has 0 aliphatic carbocycles. The number of rotatable bonds is 2. The smallest absolute Gasteiger partial charge is 0.157 e. The van der Waals surface area contributed by atoms with Crippen LogP contribution in [0.3, 0.4) is 0 Å². The van der Waals surface area contributed by atoms with Gasteiger partial charge in [0, 0.05) is 17.5 Å². The van der Waals surface area contributed by atoms with Crippen LogP contribution in [0.2, 0.25) is 0 Å². The first-order valence-electron chi connectivity index (χ1n) is 4.16. The SMILES string of the molecule is COc1c(Br)ccc2c(CCl)c[nH]c12. The summed E-state index contributed by atoms with van der Waals surface area (Å²) in [6, 6.07) is 3.99. The van der Waals surface area contributed by atoms with Crippen molar-refractivity contribution in [3.63, 3.8) is 0 Å². The Bertz CT molecular complexity index is 466. The zero-order chi connectivity index (χ0) is 10.1. The van der Waals surface area contributed by atoms with Gasteiger partial charge in [-0.1, -0.05) is 6.07 Å². The maximum Gasteiger partial charge on any atom is 0.157 e. The van der Waals surface area contributed by atoms with Gasteiger partial charge in [0.15, 0.2) is 5.75 Å². The van der Waals surface area contributed by atoms with Crippen molar-refractivity contribution in [3.8, 4) is 5.75 Å². The third-order valence-corrected chi connectivity index (χ3v) is 3.11. The fourth-order valence-corrected chi connectivity index (χ4v) is 2.23. The fraction of sp³-hybridized carbons (Fsp3) is 0.200. The van der Waals surface area contributed by atoms with Gasteiger partial charge in [0.25, 0.3) is 0 Å². The second-order valence-corrected chi connectivity index (χ2v) is 4.07. The summed E-state index contributed by atoms with van der Waals surface area (Å²) in [6.45, 7) is 0. The van der Waals surface area contributed by atoms with Gasteiger partial charge in [-0.25, -0.2) is 0 Å². The summed E-state index contributed by atoms with van der Waals surface area (Å²) < 4.78 is 6.24. The summed E-state index contributed by atoms with van der Waals surface area (Å²) in [5, 5.41) is 1.11. The van der Waals surface area contributed by atoms with Crippen LogP contribution in [0.4, 0.5) is 0 Å². The van der Waals surface area contributed by atoms with E-state index in [0.29, 0.717) is 5.88 Å². The molecule has 1 aromatic carbocycles. The van der Waals surface area contributed by atoms with Crippen molar-refractivity contribution in [2.24, 2.45) is 0 Å². The van der Waals surface area contributed by atoms with Gasteiger partial charge in [0.05, 0.1) is 17.1 Å². The minimum Gasteiger partial charge on any atom is -0.493 e. The summed E-state index contributed by atoms with van der Waals surface area (Å²) in [5.41, 5.74) is 2.07. The molecule has 0 saturated carbocycles. The fourth-order valence-electron chi connectivity index (χ4n) is 1.52. The van der Waals surface area contributed by atoms with E-state index in [1.807, 2.05) is 18.3 Å². The molecule has 2 aromatic rings. The molecule has 0 aliphatic rings. The highest BCUT2D eigenvalue weighted by Gasteiger charge is 2.10. The van der Waals surface area contributed by atoms with Crippen molar-refractivity contribution in [2.75, 3.05) is 7.11 Å². The molecule has 0 atom stereocenters. The van der Waals surface area contributed by atoms with Crippen LogP contribution in [0.25, 0.3) is 10.9 Å². The van der Waals surface area contributed by atoms with Crippen LogP contribution >= 0.6 is 27.5 Å². The van der Waals surface area contributed by atoms with E-state index in [1.54, 1.807) is 7.11 Å². The largest absolute Gasteiger partial charge is 0.493 e.